The van der Waals surface area contributed by atoms with Crippen molar-refractivity contribution >= 4 is 23.1 Å². The Labute approximate surface area is 204 Å². The molecule has 1 fully saturated rings. The average Bonchev–Trinajstić information content (AvgIpc) is 3.49. The van der Waals surface area contributed by atoms with Gasteiger partial charge in [-0.25, -0.2) is 9.97 Å². The number of hydrogen-bond donors (Lipinski definition) is 3. The molecule has 0 spiro atoms. The molecule has 2 aliphatic heterocycles. The third-order valence-corrected chi connectivity index (χ3v) is 6.70. The Kier molecular flexibility index (Phi) is 5.42. The summed E-state index contributed by atoms with van der Waals surface area (Å²) >= 11 is 0. The molecule has 0 radical (unpaired) electrons. The van der Waals surface area contributed by atoms with Crippen LogP contribution in [0, 0.1) is 0 Å². The summed E-state index contributed by atoms with van der Waals surface area (Å²) in [6, 6.07) is 18.2. The summed E-state index contributed by atoms with van der Waals surface area (Å²) in [7, 11) is 1.99. The Morgan fingerprint density at radius 3 is 2.57 bits per heavy atom. The number of piperazine rings is 1. The van der Waals surface area contributed by atoms with Crippen LogP contribution in [0.1, 0.15) is 15.9 Å². The molecule has 0 aliphatic carbocycles. The van der Waals surface area contributed by atoms with Gasteiger partial charge in [0.1, 0.15) is 5.82 Å². The van der Waals surface area contributed by atoms with Crippen LogP contribution in [0.2, 0.25) is 0 Å². The van der Waals surface area contributed by atoms with Crippen LogP contribution >= 0.6 is 0 Å². The molecule has 4 heterocycles. The van der Waals surface area contributed by atoms with Crippen molar-refractivity contribution in [2.24, 2.45) is 7.05 Å². The predicted molar refractivity (Wildman–Crippen MR) is 138 cm³/mol. The molecule has 1 saturated heterocycles. The molecule has 176 valence electrons. The van der Waals surface area contributed by atoms with Gasteiger partial charge in [0.05, 0.1) is 40.9 Å². The molecule has 6 rings (SSSR count). The summed E-state index contributed by atoms with van der Waals surface area (Å²) in [6.45, 7) is 4.39. The zero-order chi connectivity index (χ0) is 23.8. The minimum Gasteiger partial charge on any atom is -0.368 e. The van der Waals surface area contributed by atoms with Crippen LogP contribution in [-0.4, -0.2) is 46.6 Å². The number of amides is 1. The van der Waals surface area contributed by atoms with E-state index in [1.807, 2.05) is 54.5 Å². The van der Waals surface area contributed by atoms with Crippen molar-refractivity contribution in [3.05, 3.63) is 78.2 Å². The SMILES string of the molecule is Cn1cnc(-c2ccccc2)c1-c1ccc(Nc2ccc(N3CCNCC3)cn2)c2c1CNC2=O. The van der Waals surface area contributed by atoms with Crippen molar-refractivity contribution in [1.82, 2.24) is 25.2 Å². The van der Waals surface area contributed by atoms with E-state index in [1.54, 1.807) is 0 Å². The van der Waals surface area contributed by atoms with E-state index >= 15 is 0 Å². The van der Waals surface area contributed by atoms with Crippen molar-refractivity contribution in [3.63, 3.8) is 0 Å². The van der Waals surface area contributed by atoms with Gasteiger partial charge in [0, 0.05) is 50.9 Å². The average molecular weight is 466 g/mol. The van der Waals surface area contributed by atoms with E-state index in [1.165, 1.54) is 0 Å². The number of nitrogens with one attached hydrogen (secondary N) is 3. The minimum atomic E-state index is -0.0785. The third kappa shape index (κ3) is 3.91. The fourth-order valence-corrected chi connectivity index (χ4v) is 4.94. The Morgan fingerprint density at radius 2 is 1.80 bits per heavy atom. The molecule has 2 aromatic heterocycles. The van der Waals surface area contributed by atoms with Crippen LogP contribution in [0.15, 0.2) is 67.1 Å². The van der Waals surface area contributed by atoms with Crippen molar-refractivity contribution in [3.8, 4) is 22.5 Å². The van der Waals surface area contributed by atoms with Crippen LogP contribution in [0.5, 0.6) is 0 Å². The van der Waals surface area contributed by atoms with Gasteiger partial charge >= 0.3 is 0 Å². The van der Waals surface area contributed by atoms with Gasteiger partial charge in [0.2, 0.25) is 0 Å². The van der Waals surface area contributed by atoms with Gasteiger partial charge in [0.15, 0.2) is 0 Å². The highest BCUT2D eigenvalue weighted by atomic mass is 16.1. The van der Waals surface area contributed by atoms with E-state index in [0.717, 1.165) is 65.6 Å². The van der Waals surface area contributed by atoms with E-state index in [2.05, 4.69) is 55.1 Å². The quantitative estimate of drug-likeness (QED) is 0.418. The highest BCUT2D eigenvalue weighted by Gasteiger charge is 2.28. The lowest BCUT2D eigenvalue weighted by Crippen LogP contribution is -2.43. The number of aromatic nitrogens is 3. The molecule has 4 aromatic rings. The van der Waals surface area contributed by atoms with E-state index in [-0.39, 0.29) is 5.91 Å². The van der Waals surface area contributed by atoms with E-state index in [9.17, 15) is 4.79 Å². The van der Waals surface area contributed by atoms with Gasteiger partial charge in [-0.3, -0.25) is 4.79 Å². The van der Waals surface area contributed by atoms with E-state index in [0.29, 0.717) is 17.9 Å². The first-order valence-electron chi connectivity index (χ1n) is 11.9. The van der Waals surface area contributed by atoms with Crippen LogP contribution < -0.4 is 20.9 Å². The van der Waals surface area contributed by atoms with Crippen LogP contribution in [-0.2, 0) is 13.6 Å². The van der Waals surface area contributed by atoms with Crippen molar-refractivity contribution in [2.75, 3.05) is 36.4 Å². The van der Waals surface area contributed by atoms with Crippen LogP contribution in [0.4, 0.5) is 17.2 Å². The van der Waals surface area contributed by atoms with Crippen LogP contribution in [0.3, 0.4) is 0 Å². The number of hydrogen-bond acceptors (Lipinski definition) is 6. The number of nitrogens with zero attached hydrogens (tertiary/aromatic N) is 4. The normalized spacial score (nSPS) is 15.1. The largest absolute Gasteiger partial charge is 0.368 e. The molecule has 2 aromatic carbocycles. The number of fused-ring (bicyclic) bond motifs is 1. The second-order valence-corrected chi connectivity index (χ2v) is 8.88. The fourth-order valence-electron chi connectivity index (χ4n) is 4.94. The smallest absolute Gasteiger partial charge is 0.254 e. The Morgan fingerprint density at radius 1 is 0.971 bits per heavy atom. The molecule has 0 bridgehead atoms. The summed E-state index contributed by atoms with van der Waals surface area (Å²) in [4.78, 5) is 24.5. The second kappa shape index (κ2) is 8.88. The molecule has 3 N–H and O–H groups in total. The third-order valence-electron chi connectivity index (χ3n) is 6.70. The maximum Gasteiger partial charge on any atom is 0.254 e. The number of pyridine rings is 1. The fraction of sp³-hybridized carbons (Fsp3) is 0.222. The molecule has 0 atom stereocenters. The zero-order valence-corrected chi connectivity index (χ0v) is 19.6. The molecule has 8 nitrogen and oxygen atoms in total. The molecule has 8 heteroatoms. The number of anilines is 3. The van der Waals surface area contributed by atoms with Gasteiger partial charge in [0.25, 0.3) is 5.91 Å². The molecule has 35 heavy (non-hydrogen) atoms. The lowest BCUT2D eigenvalue weighted by molar-refractivity contribution is 0.0966. The van der Waals surface area contributed by atoms with Crippen molar-refractivity contribution in [1.29, 1.82) is 0 Å². The topological polar surface area (TPSA) is 87.1 Å². The molecule has 0 saturated carbocycles. The number of carbonyl (C=O) groups excluding carboxylic acids is 1. The predicted octanol–water partition coefficient (Wildman–Crippen LogP) is 3.55. The molecule has 0 unspecified atom stereocenters. The summed E-state index contributed by atoms with van der Waals surface area (Å²) < 4.78 is 2.02. The first-order chi connectivity index (χ1) is 17.2. The summed E-state index contributed by atoms with van der Waals surface area (Å²) in [5.41, 5.74) is 7.45. The summed E-state index contributed by atoms with van der Waals surface area (Å²) in [6.07, 6.45) is 3.72. The first kappa shape index (κ1) is 21.4. The second-order valence-electron chi connectivity index (χ2n) is 8.88. The lowest BCUT2D eigenvalue weighted by Gasteiger charge is -2.29. The minimum absolute atomic E-state index is 0.0785. The lowest BCUT2D eigenvalue weighted by atomic mass is 9.96. The number of rotatable bonds is 5. The monoisotopic (exact) mass is 465 g/mol. The van der Waals surface area contributed by atoms with Gasteiger partial charge in [-0.1, -0.05) is 36.4 Å². The number of benzene rings is 2. The zero-order valence-electron chi connectivity index (χ0n) is 19.6. The Balaban J connectivity index is 1.35. The van der Waals surface area contributed by atoms with Crippen molar-refractivity contribution in [2.45, 2.75) is 6.54 Å². The molecular formula is C27H27N7O. The van der Waals surface area contributed by atoms with Crippen LogP contribution in [0.25, 0.3) is 22.5 Å². The first-order valence-corrected chi connectivity index (χ1v) is 11.9. The van der Waals surface area contributed by atoms with Gasteiger partial charge in [-0.2, -0.15) is 0 Å². The highest BCUT2D eigenvalue weighted by Crippen LogP contribution is 2.38. The van der Waals surface area contributed by atoms with Gasteiger partial charge in [-0.15, -0.1) is 0 Å². The number of aryl methyl sites for hydroxylation is 1. The van der Waals surface area contributed by atoms with E-state index in [4.69, 9.17) is 0 Å². The molecular weight excluding hydrogens is 438 g/mol. The van der Waals surface area contributed by atoms with Gasteiger partial charge in [-0.05, 0) is 23.8 Å². The maximum absolute atomic E-state index is 12.9. The Bertz CT molecular complexity index is 1370. The number of imidazole rings is 1. The number of carbonyl (C=O) groups is 1. The molecule has 1 amide bonds. The van der Waals surface area contributed by atoms with Crippen molar-refractivity contribution < 1.29 is 4.79 Å². The molecule has 2 aliphatic rings. The summed E-state index contributed by atoms with van der Waals surface area (Å²) in [5, 5.41) is 9.75. The maximum atomic E-state index is 12.9. The highest BCUT2D eigenvalue weighted by molar-refractivity contribution is 6.06. The standard InChI is InChI=1S/C27H27N7O/c1-33-17-31-25(18-5-3-2-4-6-18)26(33)20-8-9-22(24-21(20)16-30-27(24)35)32-23-10-7-19(15-29-23)34-13-11-28-12-14-34/h2-10,15,17,28H,11-14,16H2,1H3,(H,29,32)(H,30,35). The van der Waals surface area contributed by atoms with E-state index < -0.39 is 0 Å². The van der Waals surface area contributed by atoms with Gasteiger partial charge < -0.3 is 25.4 Å². The Hall–Kier alpha value is -4.17. The summed E-state index contributed by atoms with van der Waals surface area (Å²) in [5.74, 6) is 0.634.